The molecule has 210 valence electrons. The minimum absolute atomic E-state index is 0.0331. The summed E-state index contributed by atoms with van der Waals surface area (Å²) in [6, 6.07) is 6.94. The Hall–Kier alpha value is -3.91. The number of carbonyl (C=O) groups excluding carboxylic acids is 1. The van der Waals surface area contributed by atoms with Crippen LogP contribution in [0.15, 0.2) is 52.4 Å². The summed E-state index contributed by atoms with van der Waals surface area (Å²) in [5.74, 6) is -2.26. The molecule has 2 aromatic carbocycles. The minimum Gasteiger partial charge on any atom is -0.508 e. The van der Waals surface area contributed by atoms with Crippen molar-refractivity contribution in [1.29, 1.82) is 0 Å². The smallest absolute Gasteiger partial charge is 0.323 e. The van der Waals surface area contributed by atoms with Crippen LogP contribution in [0.1, 0.15) is 29.6 Å². The molecule has 4 rings (SSSR count). The molecule has 1 amide bonds. The van der Waals surface area contributed by atoms with E-state index in [2.05, 4.69) is 20.9 Å². The SMILES string of the molecule is O=C(NC[C@H](NS(=O)(=O)c1ccc(O)cc1)C(=O)O)c1ccc(N2CCC[C@H](NC3=NCCCN3)C2)c(F)c1. The van der Waals surface area contributed by atoms with Gasteiger partial charge in [-0.05, 0) is 61.7 Å². The maximum absolute atomic E-state index is 15.1. The number of aliphatic imine (C=N–C) groups is 1. The van der Waals surface area contributed by atoms with Gasteiger partial charge in [0.25, 0.3) is 5.91 Å². The summed E-state index contributed by atoms with van der Waals surface area (Å²) in [5, 5.41) is 27.7. The summed E-state index contributed by atoms with van der Waals surface area (Å²) in [6.07, 6.45) is 2.75. The van der Waals surface area contributed by atoms with Crippen molar-refractivity contribution in [3.05, 3.63) is 53.8 Å². The average Bonchev–Trinajstić information content (AvgIpc) is 2.91. The van der Waals surface area contributed by atoms with Crippen LogP contribution in [-0.4, -0.2) is 81.3 Å². The van der Waals surface area contributed by atoms with Gasteiger partial charge in [0, 0.05) is 44.3 Å². The third-order valence-electron chi connectivity index (χ3n) is 6.42. The second kappa shape index (κ2) is 12.3. The Kier molecular flexibility index (Phi) is 8.86. The highest BCUT2D eigenvalue weighted by Gasteiger charge is 2.27. The van der Waals surface area contributed by atoms with Crippen molar-refractivity contribution in [3.8, 4) is 5.75 Å². The van der Waals surface area contributed by atoms with Gasteiger partial charge < -0.3 is 31.1 Å². The lowest BCUT2D eigenvalue weighted by atomic mass is 10.0. The van der Waals surface area contributed by atoms with Gasteiger partial charge in [-0.25, -0.2) is 12.8 Å². The standard InChI is InChI=1S/C25H31FN6O6S/c26-20-13-16(4-9-22(20)32-12-1-3-17(15-32)30-25-27-10-2-11-28-25)23(34)29-14-21(24(35)36)31-39(37,38)19-7-5-18(33)6-8-19/h4-9,13,17,21,31,33H,1-3,10-12,14-15H2,(H,29,34)(H,35,36)(H2,27,28,30)/t17-,21-/m0/s1. The van der Waals surface area contributed by atoms with E-state index in [0.717, 1.165) is 68.6 Å². The van der Waals surface area contributed by atoms with Gasteiger partial charge in [0.15, 0.2) is 5.96 Å². The van der Waals surface area contributed by atoms with Gasteiger partial charge in [-0.2, -0.15) is 4.72 Å². The fraction of sp³-hybridized carbons (Fsp3) is 0.400. The first-order chi connectivity index (χ1) is 18.6. The molecule has 12 nitrogen and oxygen atoms in total. The van der Waals surface area contributed by atoms with Crippen molar-refractivity contribution >= 4 is 33.5 Å². The molecule has 0 aromatic heterocycles. The average molecular weight is 563 g/mol. The molecule has 39 heavy (non-hydrogen) atoms. The third kappa shape index (κ3) is 7.35. The van der Waals surface area contributed by atoms with E-state index in [9.17, 15) is 28.2 Å². The molecule has 0 radical (unpaired) electrons. The lowest BCUT2D eigenvalue weighted by molar-refractivity contribution is -0.138. The molecule has 14 heteroatoms. The number of halogens is 1. The number of hydrogen-bond donors (Lipinski definition) is 6. The molecule has 2 aliphatic heterocycles. The number of sulfonamides is 1. The first-order valence-corrected chi connectivity index (χ1v) is 14.0. The molecule has 1 fully saturated rings. The Labute approximate surface area is 225 Å². The Bertz CT molecular complexity index is 1340. The number of hydrogen-bond acceptors (Lipinski definition) is 9. The molecule has 2 atom stereocenters. The predicted octanol–water partition coefficient (Wildman–Crippen LogP) is 0.601. The number of piperidine rings is 1. The second-order valence-electron chi connectivity index (χ2n) is 9.32. The number of carboxylic acids is 1. The van der Waals surface area contributed by atoms with Crippen LogP contribution >= 0.6 is 0 Å². The molecule has 2 aromatic rings. The maximum Gasteiger partial charge on any atom is 0.323 e. The summed E-state index contributed by atoms with van der Waals surface area (Å²) in [5.41, 5.74) is 0.316. The fourth-order valence-electron chi connectivity index (χ4n) is 4.40. The van der Waals surface area contributed by atoms with Crippen LogP contribution in [-0.2, 0) is 14.8 Å². The zero-order valence-electron chi connectivity index (χ0n) is 21.1. The van der Waals surface area contributed by atoms with Gasteiger partial charge >= 0.3 is 5.97 Å². The van der Waals surface area contributed by atoms with Crippen LogP contribution in [0.3, 0.4) is 0 Å². The highest BCUT2D eigenvalue weighted by molar-refractivity contribution is 7.89. The molecule has 0 bridgehead atoms. The van der Waals surface area contributed by atoms with Crippen molar-refractivity contribution in [2.45, 2.75) is 36.2 Å². The Morgan fingerprint density at radius 3 is 2.62 bits per heavy atom. The number of phenolic OH excluding ortho intramolecular Hbond substituents is 1. The van der Waals surface area contributed by atoms with Gasteiger partial charge in [-0.1, -0.05) is 0 Å². The van der Waals surface area contributed by atoms with E-state index in [1.165, 1.54) is 12.1 Å². The summed E-state index contributed by atoms with van der Waals surface area (Å²) < 4.78 is 42.1. The fourth-order valence-corrected chi connectivity index (χ4v) is 5.59. The number of phenols is 1. The predicted molar refractivity (Wildman–Crippen MR) is 142 cm³/mol. The zero-order chi connectivity index (χ0) is 28.0. The molecule has 6 N–H and O–H groups in total. The molecule has 0 spiro atoms. The maximum atomic E-state index is 15.1. The van der Waals surface area contributed by atoms with Crippen molar-refractivity contribution < 1.29 is 32.6 Å². The lowest BCUT2D eigenvalue weighted by Gasteiger charge is -2.36. The number of nitrogens with one attached hydrogen (secondary N) is 4. The Morgan fingerprint density at radius 2 is 1.95 bits per heavy atom. The summed E-state index contributed by atoms with van der Waals surface area (Å²) >= 11 is 0. The van der Waals surface area contributed by atoms with E-state index in [0.29, 0.717) is 18.8 Å². The van der Waals surface area contributed by atoms with Crippen LogP contribution in [0.25, 0.3) is 0 Å². The first-order valence-electron chi connectivity index (χ1n) is 12.5. The monoisotopic (exact) mass is 562 g/mol. The third-order valence-corrected chi connectivity index (χ3v) is 7.91. The van der Waals surface area contributed by atoms with Gasteiger partial charge in [0.2, 0.25) is 10.0 Å². The number of carbonyl (C=O) groups is 2. The highest BCUT2D eigenvalue weighted by atomic mass is 32.2. The molecule has 0 saturated carbocycles. The molecule has 2 aliphatic rings. The molecular weight excluding hydrogens is 531 g/mol. The summed E-state index contributed by atoms with van der Waals surface area (Å²) in [7, 11) is -4.25. The van der Waals surface area contributed by atoms with Gasteiger partial charge in [-0.3, -0.25) is 14.6 Å². The van der Waals surface area contributed by atoms with Crippen molar-refractivity contribution in [2.75, 3.05) is 37.6 Å². The van der Waals surface area contributed by atoms with Crippen molar-refractivity contribution in [2.24, 2.45) is 4.99 Å². The van der Waals surface area contributed by atoms with Gasteiger partial charge in [0.1, 0.15) is 17.6 Å². The van der Waals surface area contributed by atoms with Gasteiger partial charge in [0.05, 0.1) is 10.6 Å². The molecule has 1 saturated heterocycles. The number of aliphatic carboxylic acids is 1. The quantitative estimate of drug-likeness (QED) is 0.256. The summed E-state index contributed by atoms with van der Waals surface area (Å²) in [4.78, 5) is 30.3. The summed E-state index contributed by atoms with van der Waals surface area (Å²) in [6.45, 7) is 2.26. The molecule has 0 aliphatic carbocycles. The van der Waals surface area contributed by atoms with E-state index < -0.39 is 40.3 Å². The Morgan fingerprint density at radius 1 is 1.18 bits per heavy atom. The normalized spacial score (nSPS) is 18.4. The number of benzene rings is 2. The minimum atomic E-state index is -4.25. The topological polar surface area (TPSA) is 172 Å². The van der Waals surface area contributed by atoms with Crippen LogP contribution < -0.4 is 25.6 Å². The first kappa shape index (κ1) is 28.1. The van der Waals surface area contributed by atoms with E-state index in [1.807, 2.05) is 9.62 Å². The largest absolute Gasteiger partial charge is 0.508 e. The number of anilines is 1. The number of carboxylic acid groups (broad SMARTS) is 1. The number of aromatic hydroxyl groups is 1. The van der Waals surface area contributed by atoms with Gasteiger partial charge in [-0.15, -0.1) is 0 Å². The van der Waals surface area contributed by atoms with Crippen LogP contribution in [0.4, 0.5) is 10.1 Å². The van der Waals surface area contributed by atoms with E-state index in [4.69, 9.17) is 0 Å². The van der Waals surface area contributed by atoms with Crippen LogP contribution in [0, 0.1) is 5.82 Å². The van der Waals surface area contributed by atoms with E-state index >= 15 is 4.39 Å². The van der Waals surface area contributed by atoms with E-state index in [1.54, 1.807) is 0 Å². The molecular formula is C25H31FN6O6S. The highest BCUT2D eigenvalue weighted by Crippen LogP contribution is 2.24. The molecule has 0 unspecified atom stereocenters. The number of amides is 1. The Balaban J connectivity index is 1.36. The number of rotatable bonds is 9. The van der Waals surface area contributed by atoms with Crippen molar-refractivity contribution in [3.63, 3.8) is 0 Å². The van der Waals surface area contributed by atoms with Crippen molar-refractivity contribution in [1.82, 2.24) is 20.7 Å². The van der Waals surface area contributed by atoms with E-state index in [-0.39, 0.29) is 22.3 Å². The second-order valence-corrected chi connectivity index (χ2v) is 11.0. The number of guanidine groups is 1. The zero-order valence-corrected chi connectivity index (χ0v) is 21.9. The number of nitrogens with zero attached hydrogens (tertiary/aromatic N) is 2. The van der Waals surface area contributed by atoms with Crippen LogP contribution in [0.2, 0.25) is 0 Å². The van der Waals surface area contributed by atoms with Crippen LogP contribution in [0.5, 0.6) is 5.75 Å². The lowest BCUT2D eigenvalue weighted by Crippen LogP contribution is -2.52. The molecule has 2 heterocycles.